The van der Waals surface area contributed by atoms with Crippen molar-refractivity contribution in [3.63, 3.8) is 0 Å². The maximum absolute atomic E-state index is 11.1. The minimum Gasteiger partial charge on any atom is -0.348 e. The lowest BCUT2D eigenvalue weighted by Gasteiger charge is -2.11. The lowest BCUT2D eigenvalue weighted by Crippen LogP contribution is -2.26. The molecule has 0 aliphatic rings. The summed E-state index contributed by atoms with van der Waals surface area (Å²) in [7, 11) is 0. The molecular weight excluding hydrogens is 188 g/mol. The number of carbonyl (C=O) groups is 1. The van der Waals surface area contributed by atoms with E-state index >= 15 is 0 Å². The Hall–Kier alpha value is -1.38. The van der Waals surface area contributed by atoms with Crippen LogP contribution >= 0.6 is 0 Å². The summed E-state index contributed by atoms with van der Waals surface area (Å²) in [5.41, 5.74) is 0.893. The van der Waals surface area contributed by atoms with Crippen molar-refractivity contribution in [2.75, 3.05) is 0 Å². The number of nitrogens with zero attached hydrogens (tertiary/aromatic N) is 1. The molecule has 86 valence electrons. The van der Waals surface area contributed by atoms with Gasteiger partial charge in [0, 0.05) is 14.0 Å². The third-order valence-electron chi connectivity index (χ3n) is 1.83. The van der Waals surface area contributed by atoms with E-state index in [4.69, 9.17) is 0 Å². The molecule has 0 radical (unpaired) electrons. The minimum absolute atomic E-state index is 0. The van der Waals surface area contributed by atoms with Gasteiger partial charge in [0.15, 0.2) is 0 Å². The number of amides is 1. The zero-order valence-electron chi connectivity index (χ0n) is 9.95. The zero-order valence-corrected chi connectivity index (χ0v) is 9.95. The Labute approximate surface area is 93.4 Å². The summed E-state index contributed by atoms with van der Waals surface area (Å²) in [4.78, 5) is 15.2. The highest BCUT2D eigenvalue weighted by Crippen LogP contribution is 2.07. The van der Waals surface area contributed by atoms with Crippen LogP contribution in [-0.2, 0) is 4.79 Å². The number of nitrogens with one attached hydrogen (secondary N) is 1. The Morgan fingerprint density at radius 1 is 1.53 bits per heavy atom. The van der Waals surface area contributed by atoms with Crippen LogP contribution in [-0.4, -0.2) is 10.9 Å². The average Bonchev–Trinajstić information content (AvgIpc) is 2.32. The van der Waals surface area contributed by atoms with Gasteiger partial charge in [0.25, 0.3) is 0 Å². The molecule has 0 saturated heterocycles. The lowest BCUT2D eigenvalue weighted by molar-refractivity contribution is -0.121. The summed E-state index contributed by atoms with van der Waals surface area (Å²) >= 11 is 0. The SMILES string of the molecule is CC.CCC(=O)N[C@H](C)c1ccccn1.[HH]. The molecule has 0 fully saturated rings. The number of hydrogen-bond donors (Lipinski definition) is 1. The van der Waals surface area contributed by atoms with Gasteiger partial charge in [-0.25, -0.2) is 0 Å². The molecular formula is C12H22N2O. The van der Waals surface area contributed by atoms with Crippen molar-refractivity contribution in [2.24, 2.45) is 0 Å². The van der Waals surface area contributed by atoms with E-state index < -0.39 is 0 Å². The summed E-state index contributed by atoms with van der Waals surface area (Å²) in [6, 6.07) is 5.67. The molecule has 0 bridgehead atoms. The highest BCUT2D eigenvalue weighted by Gasteiger charge is 2.07. The third-order valence-corrected chi connectivity index (χ3v) is 1.83. The predicted octanol–water partition coefficient (Wildman–Crippen LogP) is 2.94. The second-order valence-corrected chi connectivity index (χ2v) is 2.90. The summed E-state index contributed by atoms with van der Waals surface area (Å²) < 4.78 is 0. The van der Waals surface area contributed by atoms with Crippen LogP contribution in [0.3, 0.4) is 0 Å². The first-order valence-corrected chi connectivity index (χ1v) is 5.44. The fraction of sp³-hybridized carbons (Fsp3) is 0.500. The Balaban J connectivity index is 0. The normalized spacial score (nSPS) is 10.9. The van der Waals surface area contributed by atoms with Crippen LogP contribution in [0.1, 0.15) is 47.3 Å². The maximum atomic E-state index is 11.1. The van der Waals surface area contributed by atoms with Gasteiger partial charge in [-0.1, -0.05) is 26.8 Å². The molecule has 1 aromatic heterocycles. The van der Waals surface area contributed by atoms with E-state index in [1.807, 2.05) is 45.9 Å². The van der Waals surface area contributed by atoms with Crippen molar-refractivity contribution in [2.45, 2.75) is 40.2 Å². The van der Waals surface area contributed by atoms with E-state index in [-0.39, 0.29) is 13.4 Å². The molecule has 0 saturated carbocycles. The molecule has 3 nitrogen and oxygen atoms in total. The van der Waals surface area contributed by atoms with Crippen molar-refractivity contribution in [3.05, 3.63) is 30.1 Å². The van der Waals surface area contributed by atoms with Crippen LogP contribution in [0, 0.1) is 0 Å². The molecule has 15 heavy (non-hydrogen) atoms. The van der Waals surface area contributed by atoms with E-state index in [0.717, 1.165) is 5.69 Å². The molecule has 1 amide bonds. The molecule has 1 aromatic rings. The molecule has 1 N–H and O–H groups in total. The van der Waals surface area contributed by atoms with Gasteiger partial charge in [0.2, 0.25) is 5.91 Å². The van der Waals surface area contributed by atoms with Gasteiger partial charge >= 0.3 is 0 Å². The highest BCUT2D eigenvalue weighted by atomic mass is 16.1. The number of aromatic nitrogens is 1. The largest absolute Gasteiger partial charge is 0.348 e. The molecule has 0 aliphatic heterocycles. The van der Waals surface area contributed by atoms with Crippen molar-refractivity contribution in [1.29, 1.82) is 0 Å². The Bertz CT molecular complexity index is 278. The Morgan fingerprint density at radius 3 is 2.67 bits per heavy atom. The van der Waals surface area contributed by atoms with Crippen molar-refractivity contribution in [3.8, 4) is 0 Å². The first-order chi connectivity index (χ1) is 7.24. The number of carbonyl (C=O) groups excluding carboxylic acids is 1. The van der Waals surface area contributed by atoms with Crippen LogP contribution in [0.25, 0.3) is 0 Å². The minimum atomic E-state index is -0.00588. The molecule has 1 atom stereocenters. The second kappa shape index (κ2) is 7.97. The van der Waals surface area contributed by atoms with Crippen LogP contribution < -0.4 is 5.32 Å². The molecule has 1 rings (SSSR count). The first-order valence-electron chi connectivity index (χ1n) is 5.44. The van der Waals surface area contributed by atoms with E-state index in [9.17, 15) is 4.79 Å². The van der Waals surface area contributed by atoms with Crippen molar-refractivity contribution < 1.29 is 6.22 Å². The summed E-state index contributed by atoms with van der Waals surface area (Å²) in [5, 5.41) is 2.84. The Morgan fingerprint density at radius 2 is 2.20 bits per heavy atom. The van der Waals surface area contributed by atoms with E-state index in [1.165, 1.54) is 0 Å². The van der Waals surface area contributed by atoms with Gasteiger partial charge < -0.3 is 5.32 Å². The average molecular weight is 210 g/mol. The summed E-state index contributed by atoms with van der Waals surface area (Å²) in [6.07, 6.45) is 2.24. The van der Waals surface area contributed by atoms with Crippen molar-refractivity contribution >= 4 is 5.91 Å². The van der Waals surface area contributed by atoms with E-state index in [2.05, 4.69) is 10.3 Å². The summed E-state index contributed by atoms with van der Waals surface area (Å²) in [6.45, 7) is 7.76. The smallest absolute Gasteiger partial charge is 0.220 e. The van der Waals surface area contributed by atoms with Gasteiger partial charge in [-0.2, -0.15) is 0 Å². The Kier molecular flexibility index (Phi) is 7.24. The molecule has 0 aromatic carbocycles. The van der Waals surface area contributed by atoms with Crippen LogP contribution in [0.15, 0.2) is 24.4 Å². The topological polar surface area (TPSA) is 42.0 Å². The molecule has 3 heteroatoms. The molecule has 0 unspecified atom stereocenters. The van der Waals surface area contributed by atoms with Crippen LogP contribution in [0.2, 0.25) is 0 Å². The summed E-state index contributed by atoms with van der Waals surface area (Å²) in [5.74, 6) is 0.0538. The zero-order chi connectivity index (χ0) is 11.7. The van der Waals surface area contributed by atoms with E-state index in [1.54, 1.807) is 6.20 Å². The maximum Gasteiger partial charge on any atom is 0.220 e. The molecule has 0 spiro atoms. The fourth-order valence-electron chi connectivity index (χ4n) is 1.05. The highest BCUT2D eigenvalue weighted by molar-refractivity contribution is 5.75. The van der Waals surface area contributed by atoms with Gasteiger partial charge in [-0.3, -0.25) is 9.78 Å². The van der Waals surface area contributed by atoms with Gasteiger partial charge in [-0.05, 0) is 19.1 Å². The van der Waals surface area contributed by atoms with Crippen LogP contribution in [0.4, 0.5) is 0 Å². The van der Waals surface area contributed by atoms with Crippen molar-refractivity contribution in [1.82, 2.24) is 10.3 Å². The van der Waals surface area contributed by atoms with Gasteiger partial charge in [0.1, 0.15) is 0 Å². The van der Waals surface area contributed by atoms with Gasteiger partial charge in [0.05, 0.1) is 11.7 Å². The van der Waals surface area contributed by atoms with Gasteiger partial charge in [-0.15, -0.1) is 0 Å². The number of pyridine rings is 1. The third kappa shape index (κ3) is 5.15. The lowest BCUT2D eigenvalue weighted by atomic mass is 10.2. The van der Waals surface area contributed by atoms with Crippen LogP contribution in [0.5, 0.6) is 0 Å². The predicted molar refractivity (Wildman–Crippen MR) is 64.5 cm³/mol. The fourth-order valence-corrected chi connectivity index (χ4v) is 1.05. The standard InChI is InChI=1S/C10H14N2O.C2H6.H2/c1-3-10(13)12-8(2)9-6-4-5-7-11-9;1-2;/h4-8H,3H2,1-2H3,(H,12,13);1-2H3;1H/t8-;;/m1../s1. The monoisotopic (exact) mass is 210 g/mol. The molecule has 1 heterocycles. The number of hydrogen-bond acceptors (Lipinski definition) is 2. The number of rotatable bonds is 3. The second-order valence-electron chi connectivity index (χ2n) is 2.90. The first kappa shape index (κ1) is 13.6. The molecule has 0 aliphatic carbocycles. The van der Waals surface area contributed by atoms with E-state index in [0.29, 0.717) is 6.42 Å². The quantitative estimate of drug-likeness (QED) is 0.833.